The fourth-order valence-electron chi connectivity index (χ4n) is 10.2. The van der Waals surface area contributed by atoms with Gasteiger partial charge in [-0.1, -0.05) is 206 Å². The van der Waals surface area contributed by atoms with Crippen molar-refractivity contribution in [1.29, 1.82) is 0 Å². The smallest absolute Gasteiger partial charge is 0.0714 e. The first kappa shape index (κ1) is 37.0. The lowest BCUT2D eigenvalue weighted by molar-refractivity contribution is 0.770. The molecule has 0 bridgehead atoms. The quantitative estimate of drug-likeness (QED) is 0.148. The van der Waals surface area contributed by atoms with E-state index in [1.165, 1.54) is 86.9 Å². The molecule has 0 atom stereocenters. The van der Waals surface area contributed by atoms with Crippen LogP contribution in [0.2, 0.25) is 0 Å². The van der Waals surface area contributed by atoms with E-state index in [1.807, 2.05) is 11.3 Å². The summed E-state index contributed by atoms with van der Waals surface area (Å²) in [7, 11) is 0. The average molecular weight is 820 g/mol. The van der Waals surface area contributed by atoms with Crippen molar-refractivity contribution in [2.45, 2.75) is 5.41 Å². The Hall–Kier alpha value is -7.78. The number of rotatable bonds is 8. The van der Waals surface area contributed by atoms with Crippen LogP contribution in [0.3, 0.4) is 0 Å². The third-order valence-corrected chi connectivity index (χ3v) is 14.1. The largest absolute Gasteiger partial charge is 0.310 e. The molecule has 1 aromatic heterocycles. The van der Waals surface area contributed by atoms with Crippen LogP contribution in [0, 0.1) is 0 Å². The first-order chi connectivity index (χ1) is 31.3. The second-order valence-corrected chi connectivity index (χ2v) is 17.5. The lowest BCUT2D eigenvalue weighted by Crippen LogP contribution is -2.28. The molecule has 296 valence electrons. The highest BCUT2D eigenvalue weighted by molar-refractivity contribution is 7.25. The maximum absolute atomic E-state index is 2.47. The molecule has 0 amide bonds. The molecule has 1 aliphatic carbocycles. The number of benzene rings is 10. The van der Waals surface area contributed by atoms with Gasteiger partial charge in [-0.15, -0.1) is 11.3 Å². The van der Waals surface area contributed by atoms with E-state index in [0.29, 0.717) is 0 Å². The minimum Gasteiger partial charge on any atom is -0.310 e. The standard InChI is InChI=1S/C61H41NS/c1-4-18-42(19-5-1)43-32-36-48(37-33-43)62(47-22-8-3-9-23-47)58-31-17-14-28-53(58)50-25-11-10-24-49(50)44-34-38-54-55-39-35-46(41-60(55)63-59(54)40-44)61(45-20-6-2-7-21-45)56-29-15-12-26-51(56)52-27-13-16-30-57(52)61/h1-41H. The van der Waals surface area contributed by atoms with Gasteiger partial charge in [0.05, 0.1) is 11.1 Å². The van der Waals surface area contributed by atoms with Crippen molar-refractivity contribution in [3.8, 4) is 44.5 Å². The monoisotopic (exact) mass is 819 g/mol. The van der Waals surface area contributed by atoms with Gasteiger partial charge in [0.1, 0.15) is 0 Å². The van der Waals surface area contributed by atoms with E-state index >= 15 is 0 Å². The molecule has 1 heterocycles. The fourth-order valence-corrected chi connectivity index (χ4v) is 11.4. The molecule has 0 saturated carbocycles. The lowest BCUT2D eigenvalue weighted by atomic mass is 9.67. The summed E-state index contributed by atoms with van der Waals surface area (Å²) in [6.45, 7) is 0. The van der Waals surface area contributed by atoms with E-state index < -0.39 is 5.41 Å². The van der Waals surface area contributed by atoms with E-state index in [0.717, 1.165) is 17.1 Å². The van der Waals surface area contributed by atoms with Crippen LogP contribution in [0.4, 0.5) is 17.1 Å². The van der Waals surface area contributed by atoms with E-state index in [4.69, 9.17) is 0 Å². The molecule has 0 aliphatic heterocycles. The van der Waals surface area contributed by atoms with Gasteiger partial charge in [0.15, 0.2) is 0 Å². The van der Waals surface area contributed by atoms with E-state index in [1.54, 1.807) is 0 Å². The maximum atomic E-state index is 2.47. The molecule has 2 heteroatoms. The molecular weight excluding hydrogens is 779 g/mol. The van der Waals surface area contributed by atoms with Crippen molar-refractivity contribution >= 4 is 48.6 Å². The van der Waals surface area contributed by atoms with Crippen LogP contribution in [0.15, 0.2) is 249 Å². The Kier molecular flexibility index (Phi) is 8.98. The molecule has 11 aromatic rings. The first-order valence-electron chi connectivity index (χ1n) is 21.7. The number of anilines is 3. The zero-order valence-corrected chi connectivity index (χ0v) is 35.3. The minimum atomic E-state index is -0.423. The predicted octanol–water partition coefficient (Wildman–Crippen LogP) is 16.9. The molecule has 0 unspecified atom stereocenters. The number of nitrogens with zero attached hydrogens (tertiary/aromatic N) is 1. The van der Waals surface area contributed by atoms with Gasteiger partial charge in [-0.3, -0.25) is 0 Å². The summed E-state index contributed by atoms with van der Waals surface area (Å²) in [6.07, 6.45) is 0. The van der Waals surface area contributed by atoms with Crippen molar-refractivity contribution in [3.63, 3.8) is 0 Å². The summed E-state index contributed by atoms with van der Waals surface area (Å²) in [5, 5.41) is 2.59. The molecule has 0 saturated heterocycles. The Bertz CT molecular complexity index is 3400. The zero-order valence-electron chi connectivity index (χ0n) is 34.5. The van der Waals surface area contributed by atoms with Gasteiger partial charge in [0.25, 0.3) is 0 Å². The highest BCUT2D eigenvalue weighted by atomic mass is 32.1. The normalized spacial score (nSPS) is 12.6. The lowest BCUT2D eigenvalue weighted by Gasteiger charge is -2.33. The van der Waals surface area contributed by atoms with Crippen LogP contribution in [0.1, 0.15) is 22.3 Å². The SMILES string of the molecule is c1ccc(-c2ccc(N(c3ccccc3)c3ccccc3-c3ccccc3-c3ccc4c(c3)sc3cc(C5(c6ccccc6)c6ccccc6-c6ccccc65)ccc34)cc2)cc1. The molecule has 63 heavy (non-hydrogen) atoms. The van der Waals surface area contributed by atoms with Crippen LogP contribution in [0.5, 0.6) is 0 Å². The maximum Gasteiger partial charge on any atom is 0.0714 e. The first-order valence-corrected chi connectivity index (χ1v) is 22.5. The molecule has 1 nitrogen and oxygen atoms in total. The summed E-state index contributed by atoms with van der Waals surface area (Å²) in [6, 6.07) is 91.3. The van der Waals surface area contributed by atoms with Crippen LogP contribution in [-0.4, -0.2) is 0 Å². The van der Waals surface area contributed by atoms with Gasteiger partial charge in [0.2, 0.25) is 0 Å². The van der Waals surface area contributed by atoms with Crippen LogP contribution in [-0.2, 0) is 5.41 Å². The fraction of sp³-hybridized carbons (Fsp3) is 0.0164. The number of hydrogen-bond donors (Lipinski definition) is 0. The van der Waals surface area contributed by atoms with Crippen LogP contribution < -0.4 is 4.90 Å². The predicted molar refractivity (Wildman–Crippen MR) is 268 cm³/mol. The molecule has 0 spiro atoms. The Morgan fingerprint density at radius 2 is 0.778 bits per heavy atom. The second kappa shape index (κ2) is 15.3. The Morgan fingerprint density at radius 3 is 1.46 bits per heavy atom. The van der Waals surface area contributed by atoms with Gasteiger partial charge < -0.3 is 4.90 Å². The molecule has 10 aromatic carbocycles. The van der Waals surface area contributed by atoms with Crippen LogP contribution >= 0.6 is 11.3 Å². The van der Waals surface area contributed by atoms with E-state index in [9.17, 15) is 0 Å². The molecule has 1 aliphatic rings. The molecule has 12 rings (SSSR count). The Labute approximate surface area is 372 Å². The van der Waals surface area contributed by atoms with E-state index in [-0.39, 0.29) is 0 Å². The average Bonchev–Trinajstić information content (AvgIpc) is 3.88. The summed E-state index contributed by atoms with van der Waals surface area (Å²) in [5.41, 5.74) is 18.0. The summed E-state index contributed by atoms with van der Waals surface area (Å²) in [4.78, 5) is 2.39. The Morgan fingerprint density at radius 1 is 0.302 bits per heavy atom. The van der Waals surface area contributed by atoms with Gasteiger partial charge in [-0.2, -0.15) is 0 Å². The summed E-state index contributed by atoms with van der Waals surface area (Å²) in [5.74, 6) is 0. The number of thiophene rings is 1. The van der Waals surface area contributed by atoms with Crippen molar-refractivity contribution < 1.29 is 0 Å². The summed E-state index contributed by atoms with van der Waals surface area (Å²) >= 11 is 1.90. The van der Waals surface area contributed by atoms with Crippen molar-refractivity contribution in [2.24, 2.45) is 0 Å². The number of hydrogen-bond acceptors (Lipinski definition) is 2. The van der Waals surface area contributed by atoms with Crippen molar-refractivity contribution in [1.82, 2.24) is 0 Å². The third kappa shape index (κ3) is 6.06. The molecule has 0 radical (unpaired) electrons. The second-order valence-electron chi connectivity index (χ2n) is 16.4. The molecular formula is C61H41NS. The van der Waals surface area contributed by atoms with E-state index in [2.05, 4.69) is 254 Å². The van der Waals surface area contributed by atoms with Gasteiger partial charge in [0, 0.05) is 37.1 Å². The Balaban J connectivity index is 0.976. The van der Waals surface area contributed by atoms with Crippen LogP contribution in [0.25, 0.3) is 64.7 Å². The highest BCUT2D eigenvalue weighted by Gasteiger charge is 2.46. The van der Waals surface area contributed by atoms with Gasteiger partial charge in [-0.05, 0) is 104 Å². The zero-order chi connectivity index (χ0) is 41.7. The highest BCUT2D eigenvalue weighted by Crippen LogP contribution is 2.57. The topological polar surface area (TPSA) is 3.24 Å². The van der Waals surface area contributed by atoms with Gasteiger partial charge >= 0.3 is 0 Å². The molecule has 0 fully saturated rings. The van der Waals surface area contributed by atoms with Gasteiger partial charge in [-0.25, -0.2) is 0 Å². The van der Waals surface area contributed by atoms with Crippen molar-refractivity contribution in [3.05, 3.63) is 271 Å². The third-order valence-electron chi connectivity index (χ3n) is 13.0. The summed E-state index contributed by atoms with van der Waals surface area (Å²) < 4.78 is 2.58. The van der Waals surface area contributed by atoms with Crippen molar-refractivity contribution in [2.75, 3.05) is 4.90 Å². The number of fused-ring (bicyclic) bond motifs is 6. The molecule has 0 N–H and O–H groups in total. The minimum absolute atomic E-state index is 0.423. The number of para-hydroxylation sites is 2.